The number of hydrogen-bond donors (Lipinski definition) is 2. The third kappa shape index (κ3) is 5.16. The normalized spacial score (nSPS) is 26.8. The van der Waals surface area contributed by atoms with Crippen molar-refractivity contribution in [1.29, 1.82) is 0 Å². The molecule has 1 saturated carbocycles. The molecule has 4 amide bonds. The number of carbonyl (C=O) groups excluding carboxylic acids is 4. The minimum atomic E-state index is -1.48. The molecule has 3 fully saturated rings. The Morgan fingerprint density at radius 2 is 1.57 bits per heavy atom. The third-order valence-electron chi connectivity index (χ3n) is 10.9. The molecule has 2 aliphatic carbocycles. The second-order valence-corrected chi connectivity index (χ2v) is 15.4. The smallest absolute Gasteiger partial charge is 0.260 e. The summed E-state index contributed by atoms with van der Waals surface area (Å²) in [4.78, 5) is 59.8. The van der Waals surface area contributed by atoms with Crippen molar-refractivity contribution in [3.05, 3.63) is 127 Å². The molecule has 4 aromatic rings. The van der Waals surface area contributed by atoms with Gasteiger partial charge in [-0.25, -0.2) is 0 Å². The molecule has 2 aliphatic heterocycles. The zero-order chi connectivity index (χ0) is 35.8. The minimum Gasteiger partial charge on any atom is -0.508 e. The molecule has 2 heterocycles. The highest BCUT2D eigenvalue weighted by atomic mass is 127. The fourth-order valence-corrected chi connectivity index (χ4v) is 9.54. The van der Waals surface area contributed by atoms with Gasteiger partial charge >= 0.3 is 0 Å². The van der Waals surface area contributed by atoms with Crippen molar-refractivity contribution < 1.29 is 29.0 Å². The van der Waals surface area contributed by atoms with Gasteiger partial charge in [-0.15, -0.1) is 0 Å². The number of aromatic hydroxyl groups is 1. The van der Waals surface area contributed by atoms with Gasteiger partial charge in [0.1, 0.15) is 11.5 Å². The van der Waals surface area contributed by atoms with E-state index in [1.807, 2.05) is 18.2 Å². The summed E-state index contributed by atoms with van der Waals surface area (Å²) < 4.78 is 6.43. The van der Waals surface area contributed by atoms with Gasteiger partial charge in [-0.05, 0) is 119 Å². The van der Waals surface area contributed by atoms with Gasteiger partial charge in [0.05, 0.1) is 46.7 Å². The average Bonchev–Trinajstić information content (AvgIpc) is 3.51. The van der Waals surface area contributed by atoms with Gasteiger partial charge in [-0.3, -0.25) is 29.5 Å². The summed E-state index contributed by atoms with van der Waals surface area (Å²) in [5.74, 6) is -4.53. The van der Waals surface area contributed by atoms with Gasteiger partial charge in [-0.1, -0.05) is 59.1 Å². The van der Waals surface area contributed by atoms with Gasteiger partial charge < -0.3 is 9.84 Å². The second kappa shape index (κ2) is 12.7. The van der Waals surface area contributed by atoms with E-state index in [-0.39, 0.29) is 29.0 Å². The van der Waals surface area contributed by atoms with Crippen LogP contribution < -0.4 is 15.1 Å². The number of nitrogens with one attached hydrogen (secondary N) is 1. The lowest BCUT2D eigenvalue weighted by Crippen LogP contribution is -2.53. The van der Waals surface area contributed by atoms with Crippen LogP contribution in [-0.2, 0) is 24.6 Å². The van der Waals surface area contributed by atoms with E-state index in [1.165, 1.54) is 11.0 Å². The van der Waals surface area contributed by atoms with Crippen LogP contribution in [0.15, 0.2) is 103 Å². The number of anilines is 2. The lowest BCUT2D eigenvalue weighted by atomic mass is 9.49. The first-order chi connectivity index (χ1) is 24.5. The molecule has 12 heteroatoms. The van der Waals surface area contributed by atoms with E-state index in [1.54, 1.807) is 79.9 Å². The molecule has 4 aromatic carbocycles. The molecule has 0 aromatic heterocycles. The third-order valence-corrected chi connectivity index (χ3v) is 12.2. The van der Waals surface area contributed by atoms with Crippen LogP contribution in [0.3, 0.4) is 0 Å². The number of amides is 4. The number of ether oxygens (including phenoxy) is 1. The lowest BCUT2D eigenvalue weighted by Gasteiger charge is -2.50. The molecule has 2 N–H and O–H groups in total. The van der Waals surface area contributed by atoms with Gasteiger partial charge in [0.25, 0.3) is 11.8 Å². The highest BCUT2D eigenvalue weighted by molar-refractivity contribution is 14.1. The van der Waals surface area contributed by atoms with E-state index < -0.39 is 46.8 Å². The Hall–Kier alpha value is -4.39. The number of carbonyl (C=O) groups is 4. The summed E-state index contributed by atoms with van der Waals surface area (Å²) in [5, 5.41) is 12.0. The molecule has 0 spiro atoms. The summed E-state index contributed by atoms with van der Waals surface area (Å²) in [5.41, 5.74) is 4.41. The fourth-order valence-electron chi connectivity index (χ4n) is 8.73. The van der Waals surface area contributed by atoms with E-state index in [0.717, 1.165) is 14.2 Å². The number of imide groups is 2. The largest absolute Gasteiger partial charge is 0.508 e. The maximum Gasteiger partial charge on any atom is 0.260 e. The summed E-state index contributed by atoms with van der Waals surface area (Å²) >= 11 is 14.9. The van der Waals surface area contributed by atoms with Crippen molar-refractivity contribution in [1.82, 2.24) is 5.01 Å². The van der Waals surface area contributed by atoms with Crippen LogP contribution in [0.25, 0.3) is 0 Å². The van der Waals surface area contributed by atoms with Crippen molar-refractivity contribution >= 4 is 80.8 Å². The van der Waals surface area contributed by atoms with Crippen molar-refractivity contribution in [3.63, 3.8) is 0 Å². The Kier molecular flexibility index (Phi) is 8.39. The molecule has 51 heavy (non-hydrogen) atoms. The van der Waals surface area contributed by atoms with Crippen molar-refractivity contribution in [2.45, 2.75) is 24.2 Å². The first kappa shape index (κ1) is 33.7. The van der Waals surface area contributed by atoms with Crippen LogP contribution in [0.1, 0.15) is 29.9 Å². The van der Waals surface area contributed by atoms with Gasteiger partial charge in [0.15, 0.2) is 0 Å². The molecule has 9 nitrogen and oxygen atoms in total. The fraction of sp³-hybridized carbons (Fsp3) is 0.231. The van der Waals surface area contributed by atoms with Crippen LogP contribution in [-0.4, -0.2) is 40.9 Å². The molecule has 258 valence electrons. The Balaban J connectivity index is 1.32. The van der Waals surface area contributed by atoms with Crippen molar-refractivity contribution in [2.24, 2.45) is 23.7 Å². The number of phenols is 1. The van der Waals surface area contributed by atoms with E-state index in [2.05, 4.69) is 28.0 Å². The standard InChI is InChI=1S/C39H30Cl2IN3O6/c1-51-26-13-4-21(5-14-26)39-30(36(48)45(38(39)50)43-32-17-6-22(40)18-31(32)41)19-29-27(34(39)20-2-11-25(46)12-3-20)15-16-28-33(29)37(49)44(35(28)47)24-9-7-23(42)8-10-24/h2-15,17-18,28-30,33-34,43,46H,16,19H2,1H3/t28-,29+,30-,33-,34-,39+/m0/s1. The number of halogens is 3. The van der Waals surface area contributed by atoms with Crippen LogP contribution in [0.4, 0.5) is 11.4 Å². The molecule has 4 aliphatic rings. The zero-order valence-electron chi connectivity index (χ0n) is 27.1. The molecule has 0 bridgehead atoms. The topological polar surface area (TPSA) is 116 Å². The number of rotatable bonds is 6. The highest BCUT2D eigenvalue weighted by Gasteiger charge is 2.70. The predicted octanol–water partition coefficient (Wildman–Crippen LogP) is 7.50. The minimum absolute atomic E-state index is 0.0399. The monoisotopic (exact) mass is 833 g/mol. The molecule has 0 radical (unpaired) electrons. The second-order valence-electron chi connectivity index (χ2n) is 13.3. The quantitative estimate of drug-likeness (QED) is 0.118. The summed E-state index contributed by atoms with van der Waals surface area (Å²) in [6.45, 7) is 0. The molecular formula is C39H30Cl2IN3O6. The zero-order valence-corrected chi connectivity index (χ0v) is 30.7. The number of fused-ring (bicyclic) bond motifs is 4. The highest BCUT2D eigenvalue weighted by Crippen LogP contribution is 2.64. The van der Waals surface area contributed by atoms with Gasteiger partial charge in [0, 0.05) is 14.5 Å². The van der Waals surface area contributed by atoms with Crippen molar-refractivity contribution in [2.75, 3.05) is 17.4 Å². The van der Waals surface area contributed by atoms with Crippen LogP contribution in [0.2, 0.25) is 10.0 Å². The molecule has 6 atom stereocenters. The predicted molar refractivity (Wildman–Crippen MR) is 200 cm³/mol. The lowest BCUT2D eigenvalue weighted by molar-refractivity contribution is -0.138. The summed E-state index contributed by atoms with van der Waals surface area (Å²) in [6, 6.07) is 25.7. The number of benzene rings is 4. The Bertz CT molecular complexity index is 2140. The number of hydrogen-bond acceptors (Lipinski definition) is 7. The van der Waals surface area contributed by atoms with Gasteiger partial charge in [0.2, 0.25) is 11.8 Å². The van der Waals surface area contributed by atoms with E-state index in [0.29, 0.717) is 39.7 Å². The van der Waals surface area contributed by atoms with Crippen LogP contribution in [0.5, 0.6) is 11.5 Å². The number of allylic oxidation sites excluding steroid dienone is 2. The maximum atomic E-state index is 15.3. The number of methoxy groups -OCH3 is 1. The molecule has 2 saturated heterocycles. The first-order valence-corrected chi connectivity index (χ1v) is 18.2. The average molecular weight is 834 g/mol. The number of phenolic OH excluding ortho intramolecular Hbond substituents is 1. The maximum absolute atomic E-state index is 15.3. The SMILES string of the molecule is COc1ccc([C@@]23C(=O)N(Nc4ccc(Cl)cc4Cl)C(=O)[C@@H]2C[C@@H]2C(=CC[C@@H]4C(=O)N(c5ccc(I)cc5)C(=O)[C@@H]42)[C@@H]3c2ccc(O)cc2)cc1. The van der Waals surface area contributed by atoms with E-state index in [4.69, 9.17) is 27.9 Å². The Labute approximate surface area is 317 Å². The summed E-state index contributed by atoms with van der Waals surface area (Å²) in [7, 11) is 1.55. The summed E-state index contributed by atoms with van der Waals surface area (Å²) in [6.07, 6.45) is 2.44. The van der Waals surface area contributed by atoms with Crippen LogP contribution >= 0.6 is 45.8 Å². The van der Waals surface area contributed by atoms with E-state index in [9.17, 15) is 19.5 Å². The first-order valence-electron chi connectivity index (χ1n) is 16.4. The van der Waals surface area contributed by atoms with Gasteiger partial charge in [-0.2, -0.15) is 5.01 Å². The number of hydrazine groups is 1. The van der Waals surface area contributed by atoms with Crippen molar-refractivity contribution in [3.8, 4) is 11.5 Å². The molecular weight excluding hydrogens is 804 g/mol. The Morgan fingerprint density at radius 3 is 2.24 bits per heavy atom. The van der Waals surface area contributed by atoms with Crippen LogP contribution in [0, 0.1) is 27.2 Å². The number of nitrogens with zero attached hydrogens (tertiary/aromatic N) is 2. The van der Waals surface area contributed by atoms with E-state index >= 15 is 4.79 Å². The Morgan fingerprint density at radius 1 is 0.863 bits per heavy atom. The molecule has 0 unspecified atom stereocenters. The molecule has 8 rings (SSSR count).